The number of primary amides is 1. The van der Waals surface area contributed by atoms with Gasteiger partial charge in [-0.1, -0.05) is 0 Å². The second kappa shape index (κ2) is 3.69. The first kappa shape index (κ1) is 9.65. The zero-order valence-electron chi connectivity index (χ0n) is 8.24. The molecular weight excluding hydrogens is 180 g/mol. The summed E-state index contributed by atoms with van der Waals surface area (Å²) < 4.78 is 0. The van der Waals surface area contributed by atoms with Gasteiger partial charge in [0.05, 0.1) is 0 Å². The number of carbonyl (C=O) groups excluding carboxylic acids is 2. The number of carbonyl (C=O) groups is 2. The summed E-state index contributed by atoms with van der Waals surface area (Å²) in [5.74, 6) is 0.605. The van der Waals surface area contributed by atoms with E-state index in [0.29, 0.717) is 30.6 Å². The summed E-state index contributed by atoms with van der Waals surface area (Å²) >= 11 is 0. The molecule has 14 heavy (non-hydrogen) atoms. The molecular formula is C10H16N2O2. The zero-order valence-corrected chi connectivity index (χ0v) is 8.24. The summed E-state index contributed by atoms with van der Waals surface area (Å²) in [4.78, 5) is 24.0. The third-order valence-corrected chi connectivity index (χ3v) is 3.21. The molecule has 1 unspecified atom stereocenters. The minimum atomic E-state index is -0.211. The summed E-state index contributed by atoms with van der Waals surface area (Å²) in [5.41, 5.74) is 5.11. The SMILES string of the molecule is NC(=O)CC1CN(C2CCC(=O)C2)C1. The highest BCUT2D eigenvalue weighted by Crippen LogP contribution is 2.28. The molecule has 1 heterocycles. The van der Waals surface area contributed by atoms with Gasteiger partial charge in [0.1, 0.15) is 5.78 Å². The Morgan fingerprint density at radius 2 is 2.21 bits per heavy atom. The van der Waals surface area contributed by atoms with E-state index in [1.165, 1.54) is 0 Å². The van der Waals surface area contributed by atoms with Gasteiger partial charge in [-0.25, -0.2) is 0 Å². The van der Waals surface area contributed by atoms with Crippen molar-refractivity contribution in [1.82, 2.24) is 4.90 Å². The lowest BCUT2D eigenvalue weighted by atomic mass is 9.93. The van der Waals surface area contributed by atoms with E-state index in [-0.39, 0.29) is 5.91 Å². The van der Waals surface area contributed by atoms with Crippen molar-refractivity contribution < 1.29 is 9.59 Å². The smallest absolute Gasteiger partial charge is 0.217 e. The third kappa shape index (κ3) is 1.95. The lowest BCUT2D eigenvalue weighted by molar-refractivity contribution is -0.121. The van der Waals surface area contributed by atoms with Gasteiger partial charge in [0.25, 0.3) is 0 Å². The number of nitrogens with two attached hydrogens (primary N) is 1. The molecule has 1 saturated heterocycles. The average molecular weight is 196 g/mol. The average Bonchev–Trinajstić information content (AvgIpc) is 2.42. The molecule has 1 aliphatic heterocycles. The van der Waals surface area contributed by atoms with E-state index in [9.17, 15) is 9.59 Å². The molecule has 2 rings (SSSR count). The largest absolute Gasteiger partial charge is 0.370 e. The van der Waals surface area contributed by atoms with Crippen LogP contribution in [0.15, 0.2) is 0 Å². The van der Waals surface area contributed by atoms with Crippen molar-refractivity contribution in [3.8, 4) is 0 Å². The topological polar surface area (TPSA) is 63.4 Å². The van der Waals surface area contributed by atoms with Gasteiger partial charge in [-0.05, 0) is 12.3 Å². The lowest BCUT2D eigenvalue weighted by Gasteiger charge is -2.42. The molecule has 1 saturated carbocycles. The molecule has 0 spiro atoms. The number of amides is 1. The molecule has 1 atom stereocenters. The highest BCUT2D eigenvalue weighted by molar-refractivity contribution is 5.81. The van der Waals surface area contributed by atoms with Crippen LogP contribution in [0, 0.1) is 5.92 Å². The van der Waals surface area contributed by atoms with Crippen LogP contribution in [-0.4, -0.2) is 35.7 Å². The van der Waals surface area contributed by atoms with Crippen molar-refractivity contribution in [2.24, 2.45) is 11.7 Å². The van der Waals surface area contributed by atoms with E-state index in [1.54, 1.807) is 0 Å². The Labute approximate surface area is 83.4 Å². The Bertz CT molecular complexity index is 259. The van der Waals surface area contributed by atoms with Gasteiger partial charge in [-0.15, -0.1) is 0 Å². The fraction of sp³-hybridized carbons (Fsp3) is 0.800. The third-order valence-electron chi connectivity index (χ3n) is 3.21. The molecule has 4 nitrogen and oxygen atoms in total. The van der Waals surface area contributed by atoms with Crippen molar-refractivity contribution in [2.75, 3.05) is 13.1 Å². The minimum Gasteiger partial charge on any atom is -0.370 e. The van der Waals surface area contributed by atoms with Gasteiger partial charge in [0.15, 0.2) is 0 Å². The Morgan fingerprint density at radius 3 is 2.71 bits per heavy atom. The van der Waals surface area contributed by atoms with Gasteiger partial charge >= 0.3 is 0 Å². The van der Waals surface area contributed by atoms with Gasteiger partial charge in [0, 0.05) is 38.4 Å². The molecule has 2 N–H and O–H groups in total. The predicted octanol–water partition coefficient (Wildman–Crippen LogP) is -0.0848. The van der Waals surface area contributed by atoms with Crippen molar-refractivity contribution >= 4 is 11.7 Å². The molecule has 4 heteroatoms. The van der Waals surface area contributed by atoms with Crippen molar-refractivity contribution in [3.05, 3.63) is 0 Å². The fourth-order valence-electron chi connectivity index (χ4n) is 2.43. The Balaban J connectivity index is 1.72. The maximum atomic E-state index is 11.1. The minimum absolute atomic E-state index is 0.211. The predicted molar refractivity (Wildman–Crippen MR) is 51.5 cm³/mol. The van der Waals surface area contributed by atoms with Crippen molar-refractivity contribution in [1.29, 1.82) is 0 Å². The normalized spacial score (nSPS) is 29.1. The summed E-state index contributed by atoms with van der Waals surface area (Å²) in [7, 11) is 0. The standard InChI is InChI=1S/C10H16N2O2/c11-10(14)3-7-5-12(6-7)8-1-2-9(13)4-8/h7-8H,1-6H2,(H2,11,14). The second-order valence-corrected chi connectivity index (χ2v) is 4.43. The number of nitrogens with zero attached hydrogens (tertiary/aromatic N) is 1. The van der Waals surface area contributed by atoms with Crippen LogP contribution >= 0.6 is 0 Å². The summed E-state index contributed by atoms with van der Waals surface area (Å²) in [6.07, 6.45) is 2.95. The zero-order chi connectivity index (χ0) is 10.1. The Hall–Kier alpha value is -0.900. The van der Waals surface area contributed by atoms with Crippen molar-refractivity contribution in [2.45, 2.75) is 31.7 Å². The molecule has 1 aliphatic carbocycles. The van der Waals surface area contributed by atoms with Crippen LogP contribution in [0.4, 0.5) is 0 Å². The van der Waals surface area contributed by atoms with Crippen LogP contribution in [0.3, 0.4) is 0 Å². The molecule has 0 aromatic carbocycles. The Morgan fingerprint density at radius 1 is 1.50 bits per heavy atom. The van der Waals surface area contributed by atoms with Gasteiger partial charge in [0.2, 0.25) is 5.91 Å². The summed E-state index contributed by atoms with van der Waals surface area (Å²) in [6, 6.07) is 0.451. The number of rotatable bonds is 3. The van der Waals surface area contributed by atoms with Gasteiger partial charge in [-0.2, -0.15) is 0 Å². The summed E-state index contributed by atoms with van der Waals surface area (Å²) in [5, 5.41) is 0. The van der Waals surface area contributed by atoms with E-state index in [1.807, 2.05) is 0 Å². The van der Waals surface area contributed by atoms with E-state index >= 15 is 0 Å². The first-order valence-corrected chi connectivity index (χ1v) is 5.19. The van der Waals surface area contributed by atoms with E-state index in [2.05, 4.69) is 4.90 Å². The number of hydrogen-bond donors (Lipinski definition) is 1. The maximum absolute atomic E-state index is 11.1. The van der Waals surface area contributed by atoms with E-state index in [0.717, 1.165) is 25.9 Å². The highest BCUT2D eigenvalue weighted by Gasteiger charge is 2.36. The number of hydrogen-bond acceptors (Lipinski definition) is 3. The van der Waals surface area contributed by atoms with E-state index in [4.69, 9.17) is 5.73 Å². The number of Topliss-reactive ketones (excluding diaryl/α,β-unsaturated/α-hetero) is 1. The van der Waals surface area contributed by atoms with Crippen LogP contribution < -0.4 is 5.73 Å². The quantitative estimate of drug-likeness (QED) is 0.686. The lowest BCUT2D eigenvalue weighted by Crippen LogP contribution is -2.52. The first-order valence-electron chi connectivity index (χ1n) is 5.19. The molecule has 2 fully saturated rings. The van der Waals surface area contributed by atoms with Crippen LogP contribution in [0.1, 0.15) is 25.7 Å². The molecule has 2 aliphatic rings. The molecule has 0 radical (unpaired) electrons. The number of ketones is 1. The van der Waals surface area contributed by atoms with E-state index < -0.39 is 0 Å². The molecule has 0 bridgehead atoms. The van der Waals surface area contributed by atoms with Gasteiger partial charge in [-0.3, -0.25) is 14.5 Å². The number of likely N-dealkylation sites (tertiary alicyclic amines) is 1. The van der Waals surface area contributed by atoms with Crippen LogP contribution in [0.25, 0.3) is 0 Å². The first-order chi connectivity index (χ1) is 6.65. The second-order valence-electron chi connectivity index (χ2n) is 4.43. The van der Waals surface area contributed by atoms with Crippen LogP contribution in [0.5, 0.6) is 0 Å². The van der Waals surface area contributed by atoms with Crippen molar-refractivity contribution in [3.63, 3.8) is 0 Å². The van der Waals surface area contributed by atoms with Crippen LogP contribution in [0.2, 0.25) is 0 Å². The monoisotopic (exact) mass is 196 g/mol. The van der Waals surface area contributed by atoms with Crippen LogP contribution in [-0.2, 0) is 9.59 Å². The van der Waals surface area contributed by atoms with Gasteiger partial charge < -0.3 is 5.73 Å². The fourth-order valence-corrected chi connectivity index (χ4v) is 2.43. The molecule has 0 aromatic heterocycles. The highest BCUT2D eigenvalue weighted by atomic mass is 16.1. The Kier molecular flexibility index (Phi) is 2.54. The molecule has 0 aromatic rings. The summed E-state index contributed by atoms with van der Waals surface area (Å²) in [6.45, 7) is 1.89. The molecule has 1 amide bonds. The maximum Gasteiger partial charge on any atom is 0.217 e. The molecule has 78 valence electrons.